The second kappa shape index (κ2) is 8.33. The predicted molar refractivity (Wildman–Crippen MR) is 120 cm³/mol. The third-order valence-corrected chi connectivity index (χ3v) is 9.37. The number of hydrazine groups is 1. The number of nitrogens with zero attached hydrogens (tertiary/aromatic N) is 3. The lowest BCUT2D eigenvalue weighted by molar-refractivity contribution is -0.0951. The molecule has 1 unspecified atom stereocenters. The number of alkyl halides is 3. The van der Waals surface area contributed by atoms with Gasteiger partial charge >= 0.3 is 6.18 Å². The third-order valence-electron chi connectivity index (χ3n) is 5.36. The second-order valence-electron chi connectivity index (χ2n) is 7.56. The van der Waals surface area contributed by atoms with E-state index in [0.717, 1.165) is 6.08 Å². The number of benzene rings is 1. The summed E-state index contributed by atoms with van der Waals surface area (Å²) >= 11 is 0. The smallest absolute Gasteiger partial charge is 0.379 e. The van der Waals surface area contributed by atoms with E-state index in [4.69, 9.17) is 9.52 Å². The number of anilines is 1. The Hall–Kier alpha value is -2.58. The lowest BCUT2D eigenvalue weighted by Gasteiger charge is -2.20. The fourth-order valence-corrected chi connectivity index (χ4v) is 6.29. The highest BCUT2D eigenvalue weighted by molar-refractivity contribution is 7.93. The van der Waals surface area contributed by atoms with Crippen molar-refractivity contribution in [2.24, 2.45) is 11.4 Å². The molecule has 2 aliphatic heterocycles. The Labute approximate surface area is 189 Å². The van der Waals surface area contributed by atoms with Crippen molar-refractivity contribution in [1.29, 1.82) is 4.78 Å². The Balaban J connectivity index is 1.86. The van der Waals surface area contributed by atoms with Gasteiger partial charge in [0.25, 0.3) is 0 Å². The molecule has 0 amide bonds. The second-order valence-corrected chi connectivity index (χ2v) is 12.5. The molecule has 0 saturated carbocycles. The fraction of sp³-hybridized carbons (Fsp3) is 0.421. The lowest BCUT2D eigenvalue weighted by atomic mass is 10.2. The first-order valence-corrected chi connectivity index (χ1v) is 13.6. The van der Waals surface area contributed by atoms with Crippen LogP contribution in [0.15, 0.2) is 33.2 Å². The van der Waals surface area contributed by atoms with Crippen LogP contribution in [0.2, 0.25) is 0 Å². The molecule has 1 atom stereocenters. The third kappa shape index (κ3) is 4.59. The van der Waals surface area contributed by atoms with Crippen molar-refractivity contribution < 1.29 is 26.3 Å². The zero-order chi connectivity index (χ0) is 24.0. The van der Waals surface area contributed by atoms with Gasteiger partial charge in [-0.2, -0.15) is 17.5 Å². The molecule has 0 radical (unpaired) electrons. The van der Waals surface area contributed by atoms with Crippen molar-refractivity contribution in [3.63, 3.8) is 0 Å². The van der Waals surface area contributed by atoms with Crippen molar-refractivity contribution in [3.05, 3.63) is 29.6 Å². The minimum Gasteiger partial charge on any atom is -0.379 e. The standard InChI is InChI=1S/C19H23F3N6O3S2/c1-3-33(23,30)15-10-12(27-32(29)8-6-31-7-9-32)4-5-13(15)17-24-14-11-16(19(20,21)22)25-26-18(14)28(17)2/h4-5,10-11,23,25-26H,3,6-9H2,1-2H3. The Morgan fingerprint density at radius 2 is 2.00 bits per heavy atom. The first-order chi connectivity index (χ1) is 15.4. The SMILES string of the molecule is CCS(=N)(=O)c1cc(N=S2(=O)CCOCC2)ccc1-c1nc2c(n1C)NNC(C(F)(F)F)=C2. The Bertz CT molecular complexity index is 1340. The van der Waals surface area contributed by atoms with E-state index >= 15 is 0 Å². The maximum atomic E-state index is 13.1. The number of rotatable bonds is 4. The number of hydrogen-bond donors (Lipinski definition) is 3. The van der Waals surface area contributed by atoms with Gasteiger partial charge < -0.3 is 9.30 Å². The van der Waals surface area contributed by atoms with Crippen LogP contribution in [0.4, 0.5) is 24.7 Å². The molecule has 2 aliphatic rings. The molecule has 1 fully saturated rings. The van der Waals surface area contributed by atoms with Gasteiger partial charge in [-0.25, -0.2) is 18.2 Å². The summed E-state index contributed by atoms with van der Waals surface area (Å²) in [5.74, 6) is 1.10. The maximum absolute atomic E-state index is 13.1. The van der Waals surface area contributed by atoms with Crippen LogP contribution in [-0.4, -0.2) is 54.6 Å². The molecular weight excluding hydrogens is 481 g/mol. The van der Waals surface area contributed by atoms with Crippen LogP contribution in [0.1, 0.15) is 12.6 Å². The molecule has 3 heterocycles. The van der Waals surface area contributed by atoms with E-state index in [1.807, 2.05) is 0 Å². The Kier molecular flexibility index (Phi) is 5.95. The van der Waals surface area contributed by atoms with Crippen molar-refractivity contribution in [1.82, 2.24) is 15.0 Å². The number of hydrogen-bond acceptors (Lipinski definition) is 8. The highest BCUT2D eigenvalue weighted by Gasteiger charge is 2.37. The van der Waals surface area contributed by atoms with Gasteiger partial charge in [-0.15, -0.1) is 0 Å². The van der Waals surface area contributed by atoms with Crippen LogP contribution in [0.5, 0.6) is 0 Å². The highest BCUT2D eigenvalue weighted by Crippen LogP contribution is 2.36. The number of allylic oxidation sites excluding steroid dienone is 1. The van der Waals surface area contributed by atoms with Gasteiger partial charge in [0.05, 0.1) is 54.8 Å². The zero-order valence-electron chi connectivity index (χ0n) is 17.9. The number of imidazole rings is 1. The summed E-state index contributed by atoms with van der Waals surface area (Å²) in [6.45, 7) is 2.28. The molecule has 1 saturated heterocycles. The molecule has 1 aromatic carbocycles. The van der Waals surface area contributed by atoms with Gasteiger partial charge in [0, 0.05) is 18.4 Å². The maximum Gasteiger partial charge on any atom is 0.432 e. The average Bonchev–Trinajstić information content (AvgIpc) is 3.09. The number of fused-ring (bicyclic) bond motifs is 1. The van der Waals surface area contributed by atoms with Crippen LogP contribution in [0.3, 0.4) is 0 Å². The lowest BCUT2D eigenvalue weighted by Crippen LogP contribution is -2.33. The largest absolute Gasteiger partial charge is 0.432 e. The summed E-state index contributed by atoms with van der Waals surface area (Å²) in [5.41, 5.74) is 4.32. The Morgan fingerprint density at radius 1 is 1.30 bits per heavy atom. The van der Waals surface area contributed by atoms with E-state index in [0.29, 0.717) is 24.5 Å². The van der Waals surface area contributed by atoms with Gasteiger partial charge in [0.15, 0.2) is 5.82 Å². The predicted octanol–water partition coefficient (Wildman–Crippen LogP) is 3.48. The molecule has 14 heteroatoms. The van der Waals surface area contributed by atoms with Gasteiger partial charge in [0.1, 0.15) is 17.2 Å². The summed E-state index contributed by atoms with van der Waals surface area (Å²) < 4.78 is 84.9. The Morgan fingerprint density at radius 3 is 2.64 bits per heavy atom. The molecule has 9 nitrogen and oxygen atoms in total. The number of halogens is 3. The number of aromatic nitrogens is 2. The van der Waals surface area contributed by atoms with Gasteiger partial charge in [0.2, 0.25) is 0 Å². The van der Waals surface area contributed by atoms with Gasteiger partial charge in [-0.3, -0.25) is 10.9 Å². The minimum absolute atomic E-state index is 0.00867. The molecule has 2 aromatic rings. The van der Waals surface area contributed by atoms with Gasteiger partial charge in [-0.05, 0) is 24.3 Å². The minimum atomic E-state index is -4.59. The van der Waals surface area contributed by atoms with Crippen molar-refractivity contribution in [2.75, 3.05) is 35.9 Å². The molecular formula is C19H23F3N6O3S2. The van der Waals surface area contributed by atoms with E-state index < -0.39 is 31.3 Å². The highest BCUT2D eigenvalue weighted by atomic mass is 32.2. The van der Waals surface area contributed by atoms with Crippen LogP contribution < -0.4 is 10.9 Å². The molecule has 4 rings (SSSR count). The average molecular weight is 505 g/mol. The zero-order valence-corrected chi connectivity index (χ0v) is 19.5. The fourth-order valence-electron chi connectivity index (χ4n) is 3.51. The number of ether oxygens (including phenoxy) is 1. The monoisotopic (exact) mass is 504 g/mol. The molecule has 0 bridgehead atoms. The van der Waals surface area contributed by atoms with Gasteiger partial charge in [-0.1, -0.05) is 6.92 Å². The van der Waals surface area contributed by atoms with Crippen molar-refractivity contribution in [3.8, 4) is 11.4 Å². The molecule has 3 N–H and O–H groups in total. The molecule has 0 aliphatic carbocycles. The summed E-state index contributed by atoms with van der Waals surface area (Å²) in [6.07, 6.45) is -3.71. The quantitative estimate of drug-likeness (QED) is 0.586. The van der Waals surface area contributed by atoms with Crippen LogP contribution in [0.25, 0.3) is 17.5 Å². The summed E-state index contributed by atoms with van der Waals surface area (Å²) in [7, 11) is -4.20. The first-order valence-electron chi connectivity index (χ1n) is 10.0. The summed E-state index contributed by atoms with van der Waals surface area (Å²) in [5, 5.41) is 0. The van der Waals surface area contributed by atoms with Crippen LogP contribution in [0, 0.1) is 4.78 Å². The molecule has 0 spiro atoms. The molecule has 180 valence electrons. The summed E-state index contributed by atoms with van der Waals surface area (Å²) in [6, 6.07) is 4.62. The summed E-state index contributed by atoms with van der Waals surface area (Å²) in [4.78, 5) is 4.46. The first kappa shape index (κ1) is 23.6. The number of nitrogens with one attached hydrogen (secondary N) is 3. The molecule has 1 aromatic heterocycles. The van der Waals surface area contributed by atoms with E-state index in [9.17, 15) is 21.6 Å². The van der Waals surface area contributed by atoms with E-state index in [2.05, 4.69) is 20.2 Å². The molecule has 33 heavy (non-hydrogen) atoms. The topological polar surface area (TPSA) is 121 Å². The van der Waals surface area contributed by atoms with Crippen molar-refractivity contribution >= 4 is 37.0 Å². The van der Waals surface area contributed by atoms with Crippen LogP contribution in [-0.2, 0) is 31.2 Å². The van der Waals surface area contributed by atoms with E-state index in [1.165, 1.54) is 10.6 Å². The van der Waals surface area contributed by atoms with Crippen molar-refractivity contribution in [2.45, 2.75) is 18.0 Å². The van der Waals surface area contributed by atoms with Crippen LogP contribution >= 0.6 is 0 Å². The van der Waals surface area contributed by atoms with E-state index in [-0.39, 0.29) is 39.5 Å². The van der Waals surface area contributed by atoms with E-state index in [1.54, 1.807) is 26.1 Å². The normalized spacial score (nSPS) is 19.5.